The van der Waals surface area contributed by atoms with E-state index in [4.69, 9.17) is 5.73 Å². The second-order valence-electron chi connectivity index (χ2n) is 5.07. The van der Waals surface area contributed by atoms with Crippen molar-refractivity contribution in [2.24, 2.45) is 0 Å². The Morgan fingerprint density at radius 3 is 2.79 bits per heavy atom. The van der Waals surface area contributed by atoms with E-state index in [9.17, 15) is 0 Å². The van der Waals surface area contributed by atoms with Gasteiger partial charge in [-0.1, -0.05) is 25.8 Å². The first kappa shape index (κ1) is 14.5. The fourth-order valence-corrected chi connectivity index (χ4v) is 3.38. The first-order valence-corrected chi connectivity index (χ1v) is 8.20. The third-order valence-corrected chi connectivity index (χ3v) is 4.65. The van der Waals surface area contributed by atoms with Crippen molar-refractivity contribution in [3.8, 4) is 0 Å². The molecule has 106 valence electrons. The van der Waals surface area contributed by atoms with Gasteiger partial charge in [-0.3, -0.25) is 0 Å². The highest BCUT2D eigenvalue weighted by molar-refractivity contribution is 7.96. The van der Waals surface area contributed by atoms with Gasteiger partial charge in [0.1, 0.15) is 0 Å². The minimum atomic E-state index is 0.873. The molecule has 0 aromatic heterocycles. The summed E-state index contributed by atoms with van der Waals surface area (Å²) in [7, 11) is 0. The van der Waals surface area contributed by atoms with Crippen molar-refractivity contribution >= 4 is 23.3 Å². The fraction of sp³-hybridized carbons (Fsp3) is 0.600. The van der Waals surface area contributed by atoms with Crippen LogP contribution < -0.4 is 10.6 Å². The number of benzene rings is 1. The first-order chi connectivity index (χ1) is 9.24. The van der Waals surface area contributed by atoms with Gasteiger partial charge in [0.15, 0.2) is 0 Å². The van der Waals surface area contributed by atoms with E-state index in [1.165, 1.54) is 29.8 Å². The molecule has 0 atom stereocenters. The molecule has 0 aliphatic carbocycles. The van der Waals surface area contributed by atoms with Crippen LogP contribution in [0.4, 0.5) is 11.4 Å². The molecule has 0 saturated heterocycles. The van der Waals surface area contributed by atoms with Crippen molar-refractivity contribution in [3.63, 3.8) is 0 Å². The lowest BCUT2D eigenvalue weighted by atomic mass is 10.1. The summed E-state index contributed by atoms with van der Waals surface area (Å²) in [6.07, 6.45) is 2.41. The normalized spacial score (nSPS) is 16.2. The monoisotopic (exact) mass is 279 g/mol. The van der Waals surface area contributed by atoms with Crippen LogP contribution >= 0.6 is 11.9 Å². The highest BCUT2D eigenvalue weighted by atomic mass is 32.2. The number of fused-ring (bicyclic) bond motifs is 1. The molecule has 1 aliphatic heterocycles. The van der Waals surface area contributed by atoms with Crippen LogP contribution in [0.5, 0.6) is 0 Å². The zero-order valence-corrected chi connectivity index (χ0v) is 12.9. The molecule has 0 fully saturated rings. The number of nitrogens with zero attached hydrogens (tertiary/aromatic N) is 2. The molecule has 3 nitrogen and oxygen atoms in total. The van der Waals surface area contributed by atoms with Gasteiger partial charge < -0.3 is 10.6 Å². The smallest absolute Gasteiger partial charge is 0.0414 e. The molecule has 0 saturated carbocycles. The van der Waals surface area contributed by atoms with Gasteiger partial charge in [0.2, 0.25) is 0 Å². The lowest BCUT2D eigenvalue weighted by Crippen LogP contribution is -2.29. The van der Waals surface area contributed by atoms with Gasteiger partial charge >= 0.3 is 0 Å². The second kappa shape index (κ2) is 7.06. The molecule has 1 heterocycles. The summed E-state index contributed by atoms with van der Waals surface area (Å²) in [5, 5.41) is 0. The minimum absolute atomic E-state index is 0.873. The first-order valence-electron chi connectivity index (χ1n) is 7.25. The average molecular weight is 279 g/mol. The Morgan fingerprint density at radius 2 is 2.05 bits per heavy atom. The predicted octanol–water partition coefficient (Wildman–Crippen LogP) is 3.36. The van der Waals surface area contributed by atoms with E-state index in [0.717, 1.165) is 31.9 Å². The van der Waals surface area contributed by atoms with Crippen LogP contribution in [0.3, 0.4) is 0 Å². The number of anilines is 2. The highest BCUT2D eigenvalue weighted by Crippen LogP contribution is 2.29. The van der Waals surface area contributed by atoms with Gasteiger partial charge in [-0.2, -0.15) is 0 Å². The van der Waals surface area contributed by atoms with Crippen LogP contribution in [0.1, 0.15) is 32.3 Å². The van der Waals surface area contributed by atoms with E-state index < -0.39 is 0 Å². The molecule has 1 aromatic rings. The van der Waals surface area contributed by atoms with Crippen LogP contribution in [-0.4, -0.2) is 29.7 Å². The van der Waals surface area contributed by atoms with Crippen molar-refractivity contribution in [1.29, 1.82) is 0 Å². The fourth-order valence-electron chi connectivity index (χ4n) is 2.50. The van der Waals surface area contributed by atoms with Crippen molar-refractivity contribution < 1.29 is 0 Å². The molecule has 0 bridgehead atoms. The minimum Gasteiger partial charge on any atom is -0.399 e. The van der Waals surface area contributed by atoms with Crippen LogP contribution in [0.15, 0.2) is 18.2 Å². The molecule has 2 N–H and O–H groups in total. The molecule has 2 rings (SSSR count). The van der Waals surface area contributed by atoms with Gasteiger partial charge in [0.05, 0.1) is 0 Å². The van der Waals surface area contributed by atoms with Gasteiger partial charge in [0, 0.05) is 43.3 Å². The van der Waals surface area contributed by atoms with E-state index in [1.807, 2.05) is 18.0 Å². The zero-order chi connectivity index (χ0) is 13.7. The van der Waals surface area contributed by atoms with Gasteiger partial charge in [-0.15, -0.1) is 0 Å². The number of hydrogen-bond donors (Lipinski definition) is 1. The summed E-state index contributed by atoms with van der Waals surface area (Å²) in [4.78, 5) is 2.50. The number of rotatable bonds is 5. The molecule has 0 unspecified atom stereocenters. The third kappa shape index (κ3) is 3.80. The van der Waals surface area contributed by atoms with E-state index >= 15 is 0 Å². The van der Waals surface area contributed by atoms with Crippen LogP contribution in [0.2, 0.25) is 0 Å². The molecule has 1 aliphatic rings. The molecule has 0 spiro atoms. The standard InChI is InChI=1S/C15H25N3S/c1-3-7-17-8-9-18(19-10-4-2)12-13-11-14(16)5-6-15(13)17/h5-6,11H,3-4,7-10,12,16H2,1-2H3. The Hall–Kier alpha value is -0.870. The number of nitrogen functional groups attached to an aromatic ring is 1. The summed E-state index contributed by atoms with van der Waals surface area (Å²) < 4.78 is 2.48. The van der Waals surface area contributed by atoms with Crippen LogP contribution in [0, 0.1) is 0 Å². The van der Waals surface area contributed by atoms with E-state index in [1.54, 1.807) is 0 Å². The number of nitrogens with two attached hydrogens (primary N) is 1. The summed E-state index contributed by atoms with van der Waals surface area (Å²) in [6.45, 7) is 8.85. The molecule has 1 aromatic carbocycles. The van der Waals surface area contributed by atoms with Crippen molar-refractivity contribution in [2.45, 2.75) is 33.2 Å². The third-order valence-electron chi connectivity index (χ3n) is 3.38. The maximum atomic E-state index is 5.95. The highest BCUT2D eigenvalue weighted by Gasteiger charge is 2.19. The molecule has 0 amide bonds. The largest absolute Gasteiger partial charge is 0.399 e. The Kier molecular flexibility index (Phi) is 5.40. The van der Waals surface area contributed by atoms with Crippen molar-refractivity contribution in [3.05, 3.63) is 23.8 Å². The molecule has 4 heteroatoms. The lowest BCUT2D eigenvalue weighted by Gasteiger charge is -2.24. The summed E-state index contributed by atoms with van der Waals surface area (Å²) in [5.74, 6) is 1.20. The van der Waals surface area contributed by atoms with E-state index in [2.05, 4.69) is 35.2 Å². The van der Waals surface area contributed by atoms with E-state index in [0.29, 0.717) is 0 Å². The lowest BCUT2D eigenvalue weighted by molar-refractivity contribution is 0.483. The Labute approximate surface area is 121 Å². The van der Waals surface area contributed by atoms with Gasteiger partial charge in [0.25, 0.3) is 0 Å². The predicted molar refractivity (Wildman–Crippen MR) is 86.5 cm³/mol. The average Bonchev–Trinajstić information content (AvgIpc) is 2.56. The van der Waals surface area contributed by atoms with Crippen molar-refractivity contribution in [1.82, 2.24) is 4.31 Å². The Bertz CT molecular complexity index is 408. The second-order valence-corrected chi connectivity index (χ2v) is 6.25. The topological polar surface area (TPSA) is 32.5 Å². The van der Waals surface area contributed by atoms with Crippen molar-refractivity contribution in [2.75, 3.05) is 36.0 Å². The molecular formula is C15H25N3S. The van der Waals surface area contributed by atoms with E-state index in [-0.39, 0.29) is 0 Å². The molecular weight excluding hydrogens is 254 g/mol. The molecule has 19 heavy (non-hydrogen) atoms. The zero-order valence-electron chi connectivity index (χ0n) is 12.1. The summed E-state index contributed by atoms with van der Waals surface area (Å²) in [6, 6.07) is 6.35. The molecule has 0 radical (unpaired) electrons. The van der Waals surface area contributed by atoms with Crippen LogP contribution in [-0.2, 0) is 6.54 Å². The van der Waals surface area contributed by atoms with Gasteiger partial charge in [-0.05, 0) is 36.6 Å². The number of hydrogen-bond acceptors (Lipinski definition) is 4. The Morgan fingerprint density at radius 1 is 1.21 bits per heavy atom. The van der Waals surface area contributed by atoms with Gasteiger partial charge in [-0.25, -0.2) is 4.31 Å². The summed E-state index contributed by atoms with van der Waals surface area (Å²) >= 11 is 1.97. The summed E-state index contributed by atoms with van der Waals surface area (Å²) in [5.41, 5.74) is 9.57. The van der Waals surface area contributed by atoms with Crippen LogP contribution in [0.25, 0.3) is 0 Å². The Balaban J connectivity index is 2.19. The quantitative estimate of drug-likeness (QED) is 0.662. The maximum absolute atomic E-state index is 5.95. The maximum Gasteiger partial charge on any atom is 0.0414 e. The SMILES string of the molecule is CCCSN1CCN(CCC)c2ccc(N)cc2C1.